The van der Waals surface area contributed by atoms with E-state index in [4.69, 9.17) is 14.2 Å². The second-order valence-electron chi connectivity index (χ2n) is 7.43. The molecule has 0 aliphatic carbocycles. The third-order valence-corrected chi connectivity index (χ3v) is 7.67. The second kappa shape index (κ2) is 9.88. The lowest BCUT2D eigenvalue weighted by molar-refractivity contribution is 0.323. The van der Waals surface area contributed by atoms with Crippen molar-refractivity contribution in [1.29, 1.82) is 0 Å². The van der Waals surface area contributed by atoms with E-state index in [1.54, 1.807) is 22.8 Å². The summed E-state index contributed by atoms with van der Waals surface area (Å²) in [6.45, 7) is 0.438. The number of hydrogen-bond acceptors (Lipinski definition) is 7. The molecule has 0 atom stereocenters. The molecular formula is C24H24N2O6S2. The van der Waals surface area contributed by atoms with Crippen LogP contribution in [0.15, 0.2) is 70.4 Å². The summed E-state index contributed by atoms with van der Waals surface area (Å²) < 4.78 is 46.8. The summed E-state index contributed by atoms with van der Waals surface area (Å²) in [7, 11) is 0.657. The fourth-order valence-electron chi connectivity index (χ4n) is 3.63. The van der Waals surface area contributed by atoms with Gasteiger partial charge in [0, 0.05) is 6.54 Å². The number of benzene rings is 3. The highest BCUT2D eigenvalue weighted by molar-refractivity contribution is 7.89. The third-order valence-electron chi connectivity index (χ3n) is 5.32. The van der Waals surface area contributed by atoms with Crippen molar-refractivity contribution in [2.75, 3.05) is 21.3 Å². The van der Waals surface area contributed by atoms with E-state index in [-0.39, 0.29) is 16.3 Å². The molecular weight excluding hydrogens is 476 g/mol. The van der Waals surface area contributed by atoms with Crippen LogP contribution in [0.1, 0.15) is 11.1 Å². The van der Waals surface area contributed by atoms with Gasteiger partial charge in [-0.05, 0) is 41.5 Å². The molecule has 8 nitrogen and oxygen atoms in total. The smallest absolute Gasteiger partial charge is 0.308 e. The van der Waals surface area contributed by atoms with Gasteiger partial charge in [-0.1, -0.05) is 41.7 Å². The van der Waals surface area contributed by atoms with E-state index >= 15 is 0 Å². The van der Waals surface area contributed by atoms with Crippen molar-refractivity contribution in [3.05, 3.63) is 81.5 Å². The number of sulfonamides is 1. The SMILES string of the molecule is COc1cc(CNS(=O)(=O)c2ccc3c(c2)sc(=O)n3Cc2ccccc2)cc(OC)c1OC. The quantitative estimate of drug-likeness (QED) is 0.377. The van der Waals surface area contributed by atoms with Gasteiger partial charge >= 0.3 is 4.87 Å². The van der Waals surface area contributed by atoms with Gasteiger partial charge in [-0.25, -0.2) is 13.1 Å². The van der Waals surface area contributed by atoms with E-state index in [0.717, 1.165) is 16.9 Å². The number of nitrogens with zero attached hydrogens (tertiary/aromatic N) is 1. The molecule has 0 saturated carbocycles. The minimum Gasteiger partial charge on any atom is -0.493 e. The highest BCUT2D eigenvalue weighted by Crippen LogP contribution is 2.38. The number of ether oxygens (including phenoxy) is 3. The minimum atomic E-state index is -3.83. The molecule has 10 heteroatoms. The Hall–Kier alpha value is -3.34. The van der Waals surface area contributed by atoms with E-state index in [1.165, 1.54) is 33.5 Å². The first-order valence-electron chi connectivity index (χ1n) is 10.3. The molecule has 4 rings (SSSR count). The lowest BCUT2D eigenvalue weighted by Gasteiger charge is -2.14. The van der Waals surface area contributed by atoms with E-state index in [1.807, 2.05) is 30.3 Å². The molecule has 1 heterocycles. The number of fused-ring (bicyclic) bond motifs is 1. The molecule has 1 aromatic heterocycles. The molecule has 0 aliphatic heterocycles. The summed E-state index contributed by atoms with van der Waals surface area (Å²) >= 11 is 1.02. The summed E-state index contributed by atoms with van der Waals surface area (Å²) in [5.74, 6) is 1.29. The Bertz CT molecular complexity index is 1450. The van der Waals surface area contributed by atoms with Gasteiger partial charge in [-0.2, -0.15) is 0 Å². The van der Waals surface area contributed by atoms with E-state index in [2.05, 4.69) is 4.72 Å². The second-order valence-corrected chi connectivity index (χ2v) is 10.2. The zero-order valence-corrected chi connectivity index (χ0v) is 20.5. The standard InChI is InChI=1S/C24H24N2O6S2/c1-30-20-11-17(12-21(31-2)23(20)32-3)14-25-34(28,29)18-9-10-19-22(13-18)33-24(27)26(19)15-16-7-5-4-6-8-16/h4-13,25H,14-15H2,1-3H3. The molecule has 0 radical (unpaired) electrons. The highest BCUT2D eigenvalue weighted by Gasteiger charge is 2.19. The van der Waals surface area contributed by atoms with Gasteiger partial charge in [0.15, 0.2) is 11.5 Å². The average Bonchev–Trinajstić information content (AvgIpc) is 3.16. The number of hydrogen-bond donors (Lipinski definition) is 1. The van der Waals surface area contributed by atoms with Crippen LogP contribution in [0.2, 0.25) is 0 Å². The molecule has 0 unspecified atom stereocenters. The van der Waals surface area contributed by atoms with E-state index in [0.29, 0.717) is 39.6 Å². The molecule has 178 valence electrons. The van der Waals surface area contributed by atoms with Gasteiger partial charge in [-0.15, -0.1) is 0 Å². The van der Waals surface area contributed by atoms with Crippen LogP contribution in [0.5, 0.6) is 17.2 Å². The monoisotopic (exact) mass is 500 g/mol. The van der Waals surface area contributed by atoms with Crippen LogP contribution in [-0.2, 0) is 23.1 Å². The van der Waals surface area contributed by atoms with Crippen molar-refractivity contribution < 1.29 is 22.6 Å². The normalized spacial score (nSPS) is 11.5. The first-order valence-corrected chi connectivity index (χ1v) is 12.6. The fourth-order valence-corrected chi connectivity index (χ4v) is 5.68. The van der Waals surface area contributed by atoms with Crippen LogP contribution in [0.4, 0.5) is 0 Å². The van der Waals surface area contributed by atoms with Crippen molar-refractivity contribution in [3.63, 3.8) is 0 Å². The number of thiazole rings is 1. The molecule has 0 fully saturated rings. The Morgan fingerprint density at radius 3 is 2.18 bits per heavy atom. The van der Waals surface area contributed by atoms with E-state index < -0.39 is 10.0 Å². The van der Waals surface area contributed by atoms with Gasteiger partial charge < -0.3 is 14.2 Å². The Balaban J connectivity index is 1.59. The van der Waals surface area contributed by atoms with Crippen LogP contribution in [0.25, 0.3) is 10.2 Å². The summed E-state index contributed by atoms with van der Waals surface area (Å²) in [5.41, 5.74) is 2.33. The molecule has 1 N–H and O–H groups in total. The minimum absolute atomic E-state index is 0.0162. The highest BCUT2D eigenvalue weighted by atomic mass is 32.2. The zero-order chi connectivity index (χ0) is 24.3. The maximum absolute atomic E-state index is 13.0. The lowest BCUT2D eigenvalue weighted by atomic mass is 10.2. The largest absolute Gasteiger partial charge is 0.493 e. The molecule has 0 aliphatic rings. The van der Waals surface area contributed by atoms with Crippen molar-refractivity contribution in [1.82, 2.24) is 9.29 Å². The topological polar surface area (TPSA) is 95.9 Å². The maximum atomic E-state index is 13.0. The summed E-state index contributed by atoms with van der Waals surface area (Å²) in [5, 5.41) is 0. The molecule has 3 aromatic carbocycles. The predicted molar refractivity (Wildman–Crippen MR) is 132 cm³/mol. The van der Waals surface area contributed by atoms with Gasteiger partial charge in [0.25, 0.3) is 0 Å². The summed E-state index contributed by atoms with van der Waals surface area (Å²) in [6, 6.07) is 17.7. The van der Waals surface area contributed by atoms with Gasteiger partial charge in [0.2, 0.25) is 15.8 Å². The maximum Gasteiger partial charge on any atom is 0.308 e. The fraction of sp³-hybridized carbons (Fsp3) is 0.208. The number of nitrogens with one attached hydrogen (secondary N) is 1. The lowest BCUT2D eigenvalue weighted by Crippen LogP contribution is -2.23. The first-order chi connectivity index (χ1) is 16.4. The van der Waals surface area contributed by atoms with Crippen molar-refractivity contribution in [3.8, 4) is 17.2 Å². The molecule has 4 aromatic rings. The number of methoxy groups -OCH3 is 3. The van der Waals surface area contributed by atoms with Crippen LogP contribution in [-0.4, -0.2) is 34.3 Å². The van der Waals surface area contributed by atoms with E-state index in [9.17, 15) is 13.2 Å². The first kappa shape index (κ1) is 23.8. The average molecular weight is 501 g/mol. The number of aromatic nitrogens is 1. The molecule has 0 amide bonds. The van der Waals surface area contributed by atoms with Gasteiger partial charge in [0.1, 0.15) is 0 Å². The van der Waals surface area contributed by atoms with Gasteiger partial charge in [0.05, 0.1) is 43.0 Å². The van der Waals surface area contributed by atoms with Crippen LogP contribution < -0.4 is 23.8 Å². The number of rotatable bonds is 9. The molecule has 0 spiro atoms. The van der Waals surface area contributed by atoms with Crippen LogP contribution in [0.3, 0.4) is 0 Å². The Kier molecular flexibility index (Phi) is 6.92. The Morgan fingerprint density at radius 2 is 1.56 bits per heavy atom. The van der Waals surface area contributed by atoms with Crippen molar-refractivity contribution in [2.24, 2.45) is 0 Å². The molecule has 0 bridgehead atoms. The summed E-state index contributed by atoms with van der Waals surface area (Å²) in [4.78, 5) is 12.5. The zero-order valence-electron chi connectivity index (χ0n) is 18.9. The van der Waals surface area contributed by atoms with Gasteiger partial charge in [-0.3, -0.25) is 9.36 Å². The summed E-state index contributed by atoms with van der Waals surface area (Å²) in [6.07, 6.45) is 0. The van der Waals surface area contributed by atoms with Crippen LogP contribution in [0, 0.1) is 0 Å². The van der Waals surface area contributed by atoms with Crippen molar-refractivity contribution in [2.45, 2.75) is 18.0 Å². The van der Waals surface area contributed by atoms with Crippen LogP contribution >= 0.6 is 11.3 Å². The predicted octanol–water partition coefficient (Wildman–Crippen LogP) is 3.62. The Morgan fingerprint density at radius 1 is 0.882 bits per heavy atom. The Labute approximate surface area is 201 Å². The third kappa shape index (κ3) is 4.79. The molecule has 0 saturated heterocycles. The molecule has 34 heavy (non-hydrogen) atoms. The van der Waals surface area contributed by atoms with Crippen molar-refractivity contribution >= 4 is 31.6 Å².